The lowest BCUT2D eigenvalue weighted by Gasteiger charge is -2.32. The van der Waals surface area contributed by atoms with Gasteiger partial charge in [0.25, 0.3) is 0 Å². The number of ether oxygens (including phenoxy) is 1. The van der Waals surface area contributed by atoms with E-state index in [0.29, 0.717) is 11.3 Å². The third-order valence-electron chi connectivity index (χ3n) is 2.67. The lowest BCUT2D eigenvalue weighted by Crippen LogP contribution is -2.39. The summed E-state index contributed by atoms with van der Waals surface area (Å²) in [5.41, 5.74) is 0. The summed E-state index contributed by atoms with van der Waals surface area (Å²) in [6, 6.07) is 0. The normalized spacial score (nSPS) is 21.4. The second kappa shape index (κ2) is 5.84. The molecular weight excluding hydrogens is 244 g/mol. The van der Waals surface area contributed by atoms with Crippen molar-refractivity contribution in [2.45, 2.75) is 32.3 Å². The molecule has 2 heterocycles. The van der Waals surface area contributed by atoms with Crippen LogP contribution < -0.4 is 4.90 Å². The first-order chi connectivity index (χ1) is 7.79. The molecule has 1 unspecified atom stereocenters. The number of hydrogen-bond acceptors (Lipinski definition) is 4. The van der Waals surface area contributed by atoms with Crippen molar-refractivity contribution in [1.29, 1.82) is 0 Å². The van der Waals surface area contributed by atoms with Gasteiger partial charge < -0.3 is 9.64 Å². The molecule has 0 saturated carbocycles. The van der Waals surface area contributed by atoms with Crippen molar-refractivity contribution in [2.75, 3.05) is 24.6 Å². The van der Waals surface area contributed by atoms with Crippen LogP contribution >= 0.6 is 22.9 Å². The largest absolute Gasteiger partial charge is 0.376 e. The summed E-state index contributed by atoms with van der Waals surface area (Å²) >= 11 is 7.45. The van der Waals surface area contributed by atoms with Gasteiger partial charge in [-0.05, 0) is 19.3 Å². The molecule has 1 atom stereocenters. The van der Waals surface area contributed by atoms with Gasteiger partial charge in [0, 0.05) is 25.1 Å². The van der Waals surface area contributed by atoms with Crippen LogP contribution in [0.4, 0.5) is 5.13 Å². The first-order valence-corrected chi connectivity index (χ1v) is 7.03. The molecule has 0 spiro atoms. The fourth-order valence-electron chi connectivity index (χ4n) is 1.92. The van der Waals surface area contributed by atoms with E-state index in [-0.39, 0.29) is 0 Å². The zero-order valence-corrected chi connectivity index (χ0v) is 11.1. The number of nitrogens with zero attached hydrogens (tertiary/aromatic N) is 2. The highest BCUT2D eigenvalue weighted by molar-refractivity contribution is 7.14. The Hall–Kier alpha value is -0.320. The van der Waals surface area contributed by atoms with Gasteiger partial charge in [0.05, 0.1) is 6.10 Å². The van der Waals surface area contributed by atoms with E-state index in [1.54, 1.807) is 11.3 Å². The summed E-state index contributed by atoms with van der Waals surface area (Å²) in [4.78, 5) is 6.58. The van der Waals surface area contributed by atoms with Crippen molar-refractivity contribution in [3.8, 4) is 0 Å². The van der Waals surface area contributed by atoms with E-state index in [1.807, 2.05) is 5.38 Å². The standard InChI is InChI=1S/C11H17ClN2OS/c1-2-6-15-9-4-3-5-14(7-9)11-13-10(12)8-16-11/h8-9H,2-7H2,1H3. The highest BCUT2D eigenvalue weighted by atomic mass is 35.5. The quantitative estimate of drug-likeness (QED) is 0.831. The fourth-order valence-corrected chi connectivity index (χ4v) is 2.91. The maximum Gasteiger partial charge on any atom is 0.186 e. The number of aromatic nitrogens is 1. The van der Waals surface area contributed by atoms with Crippen LogP contribution in [0, 0.1) is 0 Å². The third-order valence-corrected chi connectivity index (χ3v) is 3.89. The Bertz CT molecular complexity index is 332. The molecule has 1 aromatic rings. The molecule has 3 nitrogen and oxygen atoms in total. The first kappa shape index (κ1) is 12.1. The minimum Gasteiger partial charge on any atom is -0.376 e. The van der Waals surface area contributed by atoms with Gasteiger partial charge in [0.15, 0.2) is 5.13 Å². The minimum absolute atomic E-state index is 0.358. The second-order valence-corrected chi connectivity index (χ2v) is 5.26. The van der Waals surface area contributed by atoms with Crippen molar-refractivity contribution in [1.82, 2.24) is 4.98 Å². The first-order valence-electron chi connectivity index (χ1n) is 5.77. The van der Waals surface area contributed by atoms with E-state index in [4.69, 9.17) is 16.3 Å². The lowest BCUT2D eigenvalue weighted by molar-refractivity contribution is 0.0440. The van der Waals surface area contributed by atoms with E-state index >= 15 is 0 Å². The van der Waals surface area contributed by atoms with E-state index in [9.17, 15) is 0 Å². The van der Waals surface area contributed by atoms with Crippen LogP contribution in [-0.2, 0) is 4.74 Å². The smallest absolute Gasteiger partial charge is 0.186 e. The Balaban J connectivity index is 1.91. The van der Waals surface area contributed by atoms with E-state index < -0.39 is 0 Å². The van der Waals surface area contributed by atoms with Gasteiger partial charge in [-0.2, -0.15) is 0 Å². The maximum absolute atomic E-state index is 5.84. The van der Waals surface area contributed by atoms with E-state index in [1.165, 1.54) is 6.42 Å². The fraction of sp³-hybridized carbons (Fsp3) is 0.727. The van der Waals surface area contributed by atoms with Gasteiger partial charge in [-0.1, -0.05) is 18.5 Å². The molecule has 0 aromatic carbocycles. The molecular formula is C11H17ClN2OS. The Morgan fingerprint density at radius 1 is 1.69 bits per heavy atom. The number of anilines is 1. The lowest BCUT2D eigenvalue weighted by atomic mass is 10.1. The van der Waals surface area contributed by atoms with Crippen molar-refractivity contribution in [3.63, 3.8) is 0 Å². The Morgan fingerprint density at radius 2 is 2.56 bits per heavy atom. The number of hydrogen-bond donors (Lipinski definition) is 0. The molecule has 1 saturated heterocycles. The van der Waals surface area contributed by atoms with Crippen LogP contribution in [0.2, 0.25) is 5.15 Å². The van der Waals surface area contributed by atoms with Crippen LogP contribution in [0.5, 0.6) is 0 Å². The molecule has 1 aliphatic heterocycles. The summed E-state index contributed by atoms with van der Waals surface area (Å²) in [5, 5.41) is 3.50. The summed E-state index contributed by atoms with van der Waals surface area (Å²) in [5.74, 6) is 0. The Labute approximate surface area is 105 Å². The van der Waals surface area contributed by atoms with Gasteiger partial charge in [-0.3, -0.25) is 0 Å². The second-order valence-electron chi connectivity index (χ2n) is 4.03. The summed E-state index contributed by atoms with van der Waals surface area (Å²) in [6.07, 6.45) is 3.78. The van der Waals surface area contributed by atoms with Crippen LogP contribution in [0.15, 0.2) is 5.38 Å². The van der Waals surface area contributed by atoms with Crippen LogP contribution in [0.3, 0.4) is 0 Å². The third kappa shape index (κ3) is 3.09. The van der Waals surface area contributed by atoms with Gasteiger partial charge in [0.1, 0.15) is 5.15 Å². The monoisotopic (exact) mass is 260 g/mol. The molecule has 0 bridgehead atoms. The van der Waals surface area contributed by atoms with Crippen molar-refractivity contribution >= 4 is 28.1 Å². The van der Waals surface area contributed by atoms with Crippen LogP contribution in [-0.4, -0.2) is 30.8 Å². The average molecular weight is 261 g/mol. The summed E-state index contributed by atoms with van der Waals surface area (Å²) < 4.78 is 5.79. The highest BCUT2D eigenvalue weighted by Gasteiger charge is 2.22. The molecule has 1 fully saturated rings. The van der Waals surface area contributed by atoms with E-state index in [2.05, 4.69) is 16.8 Å². The van der Waals surface area contributed by atoms with Gasteiger partial charge in [-0.15, -0.1) is 11.3 Å². The maximum atomic E-state index is 5.84. The zero-order valence-electron chi connectivity index (χ0n) is 9.49. The zero-order chi connectivity index (χ0) is 11.4. The predicted molar refractivity (Wildman–Crippen MR) is 68.6 cm³/mol. The van der Waals surface area contributed by atoms with Gasteiger partial charge in [-0.25, -0.2) is 4.98 Å². The summed E-state index contributed by atoms with van der Waals surface area (Å²) in [7, 11) is 0. The van der Waals surface area contributed by atoms with E-state index in [0.717, 1.165) is 37.7 Å². The summed E-state index contributed by atoms with van der Waals surface area (Å²) in [6.45, 7) is 5.01. The molecule has 1 aliphatic rings. The highest BCUT2D eigenvalue weighted by Crippen LogP contribution is 2.26. The van der Waals surface area contributed by atoms with Gasteiger partial charge >= 0.3 is 0 Å². The van der Waals surface area contributed by atoms with Crippen LogP contribution in [0.25, 0.3) is 0 Å². The molecule has 0 radical (unpaired) electrons. The van der Waals surface area contributed by atoms with Crippen LogP contribution in [0.1, 0.15) is 26.2 Å². The number of rotatable bonds is 4. The molecule has 90 valence electrons. The predicted octanol–water partition coefficient (Wildman–Crippen LogP) is 3.19. The number of piperidine rings is 1. The molecule has 0 N–H and O–H groups in total. The molecule has 0 amide bonds. The van der Waals surface area contributed by atoms with Crippen molar-refractivity contribution in [3.05, 3.63) is 10.5 Å². The Morgan fingerprint density at radius 3 is 3.25 bits per heavy atom. The van der Waals surface area contributed by atoms with Crippen molar-refractivity contribution in [2.24, 2.45) is 0 Å². The SMILES string of the molecule is CCCOC1CCCN(c2nc(Cl)cs2)C1. The topological polar surface area (TPSA) is 25.4 Å². The minimum atomic E-state index is 0.358. The van der Waals surface area contributed by atoms with Crippen molar-refractivity contribution < 1.29 is 4.74 Å². The number of thiazole rings is 1. The molecule has 1 aromatic heterocycles. The molecule has 2 rings (SSSR count). The molecule has 5 heteroatoms. The number of halogens is 1. The Kier molecular flexibility index (Phi) is 4.44. The molecule has 0 aliphatic carbocycles. The van der Waals surface area contributed by atoms with Gasteiger partial charge in [0.2, 0.25) is 0 Å². The molecule has 16 heavy (non-hydrogen) atoms. The average Bonchev–Trinajstić information content (AvgIpc) is 2.74.